The standard InChI is InChI=1S/C8H15NO5/c9-7(10)1-3-13-5-6-14-4-2-8(11)12/h1-6H2,(H2,9,10)(H,11,12). The van der Waals surface area contributed by atoms with Crippen LogP contribution in [-0.4, -0.2) is 43.4 Å². The third-order valence-corrected chi connectivity index (χ3v) is 1.33. The minimum Gasteiger partial charge on any atom is -0.481 e. The molecule has 0 rings (SSSR count). The second kappa shape index (κ2) is 8.46. The van der Waals surface area contributed by atoms with E-state index in [0.717, 1.165) is 0 Å². The summed E-state index contributed by atoms with van der Waals surface area (Å²) in [5, 5.41) is 8.25. The maximum absolute atomic E-state index is 10.3. The van der Waals surface area contributed by atoms with Gasteiger partial charge in [-0.15, -0.1) is 0 Å². The molecule has 3 N–H and O–H groups in total. The highest BCUT2D eigenvalue weighted by atomic mass is 16.5. The Balaban J connectivity index is 2.99. The van der Waals surface area contributed by atoms with E-state index in [-0.39, 0.29) is 26.1 Å². The third kappa shape index (κ3) is 10.9. The molecule has 0 aromatic heterocycles. The number of aliphatic carboxylic acids is 1. The number of carbonyl (C=O) groups is 2. The summed E-state index contributed by atoms with van der Waals surface area (Å²) < 4.78 is 9.91. The predicted molar refractivity (Wildman–Crippen MR) is 47.7 cm³/mol. The smallest absolute Gasteiger partial charge is 0.305 e. The molecule has 0 radical (unpaired) electrons. The van der Waals surface area contributed by atoms with Gasteiger partial charge in [0.2, 0.25) is 5.91 Å². The summed E-state index contributed by atoms with van der Waals surface area (Å²) in [7, 11) is 0. The fourth-order valence-electron chi connectivity index (χ4n) is 0.654. The Labute approximate surface area is 82.0 Å². The van der Waals surface area contributed by atoms with Crippen LogP contribution in [0.25, 0.3) is 0 Å². The van der Waals surface area contributed by atoms with Gasteiger partial charge in [-0.3, -0.25) is 9.59 Å². The predicted octanol–water partition coefficient (Wildman–Crippen LogP) is -0.630. The zero-order valence-corrected chi connectivity index (χ0v) is 7.90. The van der Waals surface area contributed by atoms with E-state index in [1.165, 1.54) is 0 Å². The maximum atomic E-state index is 10.3. The summed E-state index contributed by atoms with van der Waals surface area (Å²) in [6.45, 7) is 1.12. The van der Waals surface area contributed by atoms with Crippen molar-refractivity contribution in [2.75, 3.05) is 26.4 Å². The molecule has 0 saturated carbocycles. The normalized spacial score (nSPS) is 10.0. The van der Waals surface area contributed by atoms with Crippen molar-refractivity contribution in [1.29, 1.82) is 0 Å². The number of carbonyl (C=O) groups excluding carboxylic acids is 1. The first kappa shape index (κ1) is 12.9. The first-order valence-corrected chi connectivity index (χ1v) is 4.28. The second-order valence-electron chi connectivity index (χ2n) is 2.58. The van der Waals surface area contributed by atoms with E-state index in [2.05, 4.69) is 0 Å². The first-order chi connectivity index (χ1) is 6.63. The van der Waals surface area contributed by atoms with Gasteiger partial charge in [0.25, 0.3) is 0 Å². The van der Waals surface area contributed by atoms with Crippen LogP contribution >= 0.6 is 0 Å². The number of hydrogen-bond acceptors (Lipinski definition) is 4. The van der Waals surface area contributed by atoms with Gasteiger partial charge in [0, 0.05) is 6.42 Å². The van der Waals surface area contributed by atoms with Crippen LogP contribution in [-0.2, 0) is 19.1 Å². The Morgan fingerprint density at radius 1 is 1.00 bits per heavy atom. The van der Waals surface area contributed by atoms with Crippen LogP contribution in [0.2, 0.25) is 0 Å². The zero-order chi connectivity index (χ0) is 10.8. The molecule has 0 unspecified atom stereocenters. The molecule has 0 aliphatic rings. The summed E-state index contributed by atoms with van der Waals surface area (Å²) >= 11 is 0. The van der Waals surface area contributed by atoms with E-state index < -0.39 is 11.9 Å². The Kier molecular flexibility index (Phi) is 7.77. The van der Waals surface area contributed by atoms with E-state index in [0.29, 0.717) is 13.2 Å². The van der Waals surface area contributed by atoms with Crippen molar-refractivity contribution in [3.63, 3.8) is 0 Å². The molecule has 0 aliphatic heterocycles. The number of amides is 1. The lowest BCUT2D eigenvalue weighted by Gasteiger charge is -2.03. The van der Waals surface area contributed by atoms with Gasteiger partial charge in [-0.1, -0.05) is 0 Å². The summed E-state index contributed by atoms with van der Waals surface area (Å²) in [4.78, 5) is 20.3. The zero-order valence-electron chi connectivity index (χ0n) is 7.90. The summed E-state index contributed by atoms with van der Waals surface area (Å²) in [5.74, 6) is -1.29. The van der Waals surface area contributed by atoms with Gasteiger partial charge in [0.15, 0.2) is 0 Å². The molecule has 0 aromatic rings. The number of nitrogens with two attached hydrogens (primary N) is 1. The van der Waals surface area contributed by atoms with Crippen molar-refractivity contribution < 1.29 is 24.2 Å². The molecule has 0 bridgehead atoms. The topological polar surface area (TPSA) is 98.9 Å². The lowest BCUT2D eigenvalue weighted by molar-refractivity contribution is -0.138. The van der Waals surface area contributed by atoms with Crippen LogP contribution in [0.1, 0.15) is 12.8 Å². The Hall–Kier alpha value is -1.14. The largest absolute Gasteiger partial charge is 0.481 e. The van der Waals surface area contributed by atoms with Crippen LogP contribution in [0.5, 0.6) is 0 Å². The number of carboxylic acid groups (broad SMARTS) is 1. The lowest BCUT2D eigenvalue weighted by Crippen LogP contribution is -2.15. The van der Waals surface area contributed by atoms with Crippen molar-refractivity contribution in [3.8, 4) is 0 Å². The van der Waals surface area contributed by atoms with Crippen molar-refractivity contribution in [3.05, 3.63) is 0 Å². The van der Waals surface area contributed by atoms with E-state index in [1.54, 1.807) is 0 Å². The van der Waals surface area contributed by atoms with Crippen molar-refractivity contribution in [2.24, 2.45) is 5.73 Å². The quantitative estimate of drug-likeness (QED) is 0.488. The number of primary amides is 1. The van der Waals surface area contributed by atoms with E-state index in [1.807, 2.05) is 0 Å². The van der Waals surface area contributed by atoms with Crippen LogP contribution in [0.15, 0.2) is 0 Å². The molecule has 0 atom stereocenters. The minimum absolute atomic E-state index is 0.0126. The fourth-order valence-corrected chi connectivity index (χ4v) is 0.654. The summed E-state index contributed by atoms with van der Waals surface area (Å²) in [5.41, 5.74) is 4.87. The van der Waals surface area contributed by atoms with Gasteiger partial charge >= 0.3 is 5.97 Å². The fraction of sp³-hybridized carbons (Fsp3) is 0.750. The SMILES string of the molecule is NC(=O)CCOCCOCCC(=O)O. The highest BCUT2D eigenvalue weighted by Gasteiger charge is 1.97. The molecular weight excluding hydrogens is 190 g/mol. The molecule has 0 aliphatic carbocycles. The molecule has 6 heteroatoms. The van der Waals surface area contributed by atoms with Gasteiger partial charge < -0.3 is 20.3 Å². The Bertz CT molecular complexity index is 163. The van der Waals surface area contributed by atoms with Crippen molar-refractivity contribution in [2.45, 2.75) is 12.8 Å². The van der Waals surface area contributed by atoms with Crippen molar-refractivity contribution in [1.82, 2.24) is 0 Å². The Morgan fingerprint density at radius 2 is 1.50 bits per heavy atom. The third-order valence-electron chi connectivity index (χ3n) is 1.33. The molecule has 0 aromatic carbocycles. The molecular formula is C8H15NO5. The minimum atomic E-state index is -0.889. The van der Waals surface area contributed by atoms with Crippen LogP contribution < -0.4 is 5.73 Å². The van der Waals surface area contributed by atoms with Gasteiger partial charge in [0.05, 0.1) is 32.8 Å². The van der Waals surface area contributed by atoms with E-state index in [9.17, 15) is 9.59 Å². The molecule has 0 fully saturated rings. The molecule has 0 heterocycles. The highest BCUT2D eigenvalue weighted by Crippen LogP contribution is 1.85. The van der Waals surface area contributed by atoms with Crippen LogP contribution in [0.3, 0.4) is 0 Å². The van der Waals surface area contributed by atoms with Crippen molar-refractivity contribution >= 4 is 11.9 Å². The van der Waals surface area contributed by atoms with Gasteiger partial charge in [-0.05, 0) is 0 Å². The first-order valence-electron chi connectivity index (χ1n) is 4.28. The second-order valence-corrected chi connectivity index (χ2v) is 2.58. The van der Waals surface area contributed by atoms with Gasteiger partial charge in [-0.25, -0.2) is 0 Å². The van der Waals surface area contributed by atoms with Crippen LogP contribution in [0.4, 0.5) is 0 Å². The molecule has 6 nitrogen and oxygen atoms in total. The number of hydrogen-bond donors (Lipinski definition) is 2. The molecule has 1 amide bonds. The molecule has 82 valence electrons. The van der Waals surface area contributed by atoms with Gasteiger partial charge in [0.1, 0.15) is 0 Å². The maximum Gasteiger partial charge on any atom is 0.305 e. The summed E-state index contributed by atoms with van der Waals surface area (Å²) in [6, 6.07) is 0. The number of rotatable bonds is 9. The van der Waals surface area contributed by atoms with Crippen LogP contribution in [0, 0.1) is 0 Å². The summed E-state index contributed by atoms with van der Waals surface area (Å²) in [6.07, 6.45) is 0.177. The average Bonchev–Trinajstić information content (AvgIpc) is 2.08. The molecule has 0 saturated heterocycles. The average molecular weight is 205 g/mol. The van der Waals surface area contributed by atoms with Gasteiger partial charge in [-0.2, -0.15) is 0 Å². The molecule has 0 spiro atoms. The lowest BCUT2D eigenvalue weighted by atomic mass is 10.4. The molecule has 14 heavy (non-hydrogen) atoms. The number of ether oxygens (including phenoxy) is 2. The van der Waals surface area contributed by atoms with E-state index >= 15 is 0 Å². The monoisotopic (exact) mass is 205 g/mol. The Morgan fingerprint density at radius 3 is 1.93 bits per heavy atom. The number of carboxylic acids is 1. The van der Waals surface area contributed by atoms with E-state index in [4.69, 9.17) is 20.3 Å². The highest BCUT2D eigenvalue weighted by molar-refractivity contribution is 5.73.